The molecule has 0 heterocycles. The molecule has 0 spiro atoms. The monoisotopic (exact) mass is 271 g/mol. The van der Waals surface area contributed by atoms with E-state index in [0.717, 1.165) is 30.2 Å². The molecule has 0 fully saturated rings. The van der Waals surface area contributed by atoms with E-state index in [1.807, 2.05) is 18.2 Å². The average Bonchev–Trinajstić information content (AvgIpc) is 2.53. The van der Waals surface area contributed by atoms with Gasteiger partial charge < -0.3 is 14.8 Å². The van der Waals surface area contributed by atoms with Crippen molar-refractivity contribution in [2.24, 2.45) is 0 Å². The Morgan fingerprint density at radius 2 is 1.60 bits per heavy atom. The molecule has 0 atom stereocenters. The van der Waals surface area contributed by atoms with Gasteiger partial charge in [-0.25, -0.2) is 0 Å². The molecule has 0 unspecified atom stereocenters. The molecule has 0 aromatic heterocycles. The molecular weight excluding hydrogens is 250 g/mol. The maximum atomic E-state index is 5.37. The van der Waals surface area contributed by atoms with Crippen LogP contribution in [-0.4, -0.2) is 14.2 Å². The summed E-state index contributed by atoms with van der Waals surface area (Å²) < 4.78 is 10.6. The highest BCUT2D eigenvalue weighted by Crippen LogP contribution is 2.29. The van der Waals surface area contributed by atoms with E-state index in [1.54, 1.807) is 14.2 Å². The standard InChI is InChI=1S/C17H21NO2/c1-4-13-5-7-14(8-6-13)12-18-16-10-9-15(19-2)11-17(16)20-3/h5-11,18H,4,12H2,1-3H3. The molecule has 0 amide bonds. The van der Waals surface area contributed by atoms with Crippen molar-refractivity contribution in [1.29, 1.82) is 0 Å². The van der Waals surface area contributed by atoms with E-state index in [0.29, 0.717) is 0 Å². The van der Waals surface area contributed by atoms with E-state index in [4.69, 9.17) is 9.47 Å². The maximum Gasteiger partial charge on any atom is 0.145 e. The highest BCUT2D eigenvalue weighted by molar-refractivity contribution is 5.59. The van der Waals surface area contributed by atoms with Crippen molar-refractivity contribution in [1.82, 2.24) is 0 Å². The SMILES string of the molecule is CCc1ccc(CNc2ccc(OC)cc2OC)cc1. The zero-order chi connectivity index (χ0) is 14.4. The van der Waals surface area contributed by atoms with Gasteiger partial charge in [0.25, 0.3) is 0 Å². The number of hydrogen-bond donors (Lipinski definition) is 1. The third-order valence-electron chi connectivity index (χ3n) is 3.32. The van der Waals surface area contributed by atoms with Crippen LogP contribution in [0.5, 0.6) is 11.5 Å². The molecule has 0 saturated heterocycles. The first-order valence-electron chi connectivity index (χ1n) is 6.80. The smallest absolute Gasteiger partial charge is 0.145 e. The predicted octanol–water partition coefficient (Wildman–Crippen LogP) is 3.88. The number of ether oxygens (including phenoxy) is 2. The summed E-state index contributed by atoms with van der Waals surface area (Å²) in [6.07, 6.45) is 1.07. The number of benzene rings is 2. The molecule has 0 radical (unpaired) electrons. The van der Waals surface area contributed by atoms with Crippen molar-refractivity contribution in [3.8, 4) is 11.5 Å². The second-order valence-electron chi connectivity index (χ2n) is 4.59. The van der Waals surface area contributed by atoms with Gasteiger partial charge in [-0.15, -0.1) is 0 Å². The fourth-order valence-corrected chi connectivity index (χ4v) is 2.03. The summed E-state index contributed by atoms with van der Waals surface area (Å²) >= 11 is 0. The second kappa shape index (κ2) is 6.85. The Labute approximate surface area is 120 Å². The van der Waals surface area contributed by atoms with Crippen molar-refractivity contribution >= 4 is 5.69 Å². The molecular formula is C17H21NO2. The highest BCUT2D eigenvalue weighted by Gasteiger charge is 2.04. The van der Waals surface area contributed by atoms with Crippen LogP contribution in [0.1, 0.15) is 18.1 Å². The van der Waals surface area contributed by atoms with Crippen molar-refractivity contribution in [2.75, 3.05) is 19.5 Å². The minimum absolute atomic E-state index is 0.771. The number of methoxy groups -OCH3 is 2. The largest absolute Gasteiger partial charge is 0.497 e. The lowest BCUT2D eigenvalue weighted by Crippen LogP contribution is -2.01. The van der Waals surface area contributed by atoms with Crippen LogP contribution in [0.2, 0.25) is 0 Å². The van der Waals surface area contributed by atoms with Crippen molar-refractivity contribution < 1.29 is 9.47 Å². The topological polar surface area (TPSA) is 30.5 Å². The molecule has 2 rings (SSSR count). The van der Waals surface area contributed by atoms with Gasteiger partial charge >= 0.3 is 0 Å². The molecule has 0 saturated carbocycles. The summed E-state index contributed by atoms with van der Waals surface area (Å²) in [5.74, 6) is 1.58. The number of nitrogens with one attached hydrogen (secondary N) is 1. The van der Waals surface area contributed by atoms with Gasteiger partial charge in [0.15, 0.2) is 0 Å². The van der Waals surface area contributed by atoms with Crippen LogP contribution < -0.4 is 14.8 Å². The quantitative estimate of drug-likeness (QED) is 0.865. The van der Waals surface area contributed by atoms with Crippen LogP contribution in [-0.2, 0) is 13.0 Å². The minimum atomic E-state index is 0.771. The van der Waals surface area contributed by atoms with Crippen LogP contribution >= 0.6 is 0 Å². The fraction of sp³-hybridized carbons (Fsp3) is 0.294. The van der Waals surface area contributed by atoms with Crippen LogP contribution in [0.4, 0.5) is 5.69 Å². The number of anilines is 1. The van der Waals surface area contributed by atoms with Gasteiger partial charge in [0, 0.05) is 12.6 Å². The Morgan fingerprint density at radius 3 is 2.20 bits per heavy atom. The Kier molecular flexibility index (Phi) is 4.88. The van der Waals surface area contributed by atoms with Gasteiger partial charge in [-0.05, 0) is 29.7 Å². The molecule has 1 N–H and O–H groups in total. The van der Waals surface area contributed by atoms with E-state index in [1.165, 1.54) is 11.1 Å². The number of aryl methyl sites for hydroxylation is 1. The van der Waals surface area contributed by atoms with Crippen LogP contribution in [0, 0.1) is 0 Å². The molecule has 106 valence electrons. The lowest BCUT2D eigenvalue weighted by Gasteiger charge is -2.12. The molecule has 0 aliphatic heterocycles. The Bertz CT molecular complexity index is 549. The van der Waals surface area contributed by atoms with Crippen molar-refractivity contribution in [3.63, 3.8) is 0 Å². The van der Waals surface area contributed by atoms with Gasteiger partial charge in [-0.1, -0.05) is 31.2 Å². The van der Waals surface area contributed by atoms with Crippen LogP contribution in [0.3, 0.4) is 0 Å². The van der Waals surface area contributed by atoms with Crippen LogP contribution in [0.25, 0.3) is 0 Å². The molecule has 3 nitrogen and oxygen atoms in total. The van der Waals surface area contributed by atoms with E-state index in [-0.39, 0.29) is 0 Å². The molecule has 2 aromatic rings. The first kappa shape index (κ1) is 14.3. The fourth-order valence-electron chi connectivity index (χ4n) is 2.03. The van der Waals surface area contributed by atoms with Gasteiger partial charge in [0.2, 0.25) is 0 Å². The summed E-state index contributed by atoms with van der Waals surface area (Å²) in [4.78, 5) is 0. The summed E-state index contributed by atoms with van der Waals surface area (Å²) in [5.41, 5.74) is 3.57. The molecule has 0 bridgehead atoms. The molecule has 2 aromatic carbocycles. The van der Waals surface area contributed by atoms with Gasteiger partial charge in [0.05, 0.1) is 19.9 Å². The van der Waals surface area contributed by atoms with E-state index < -0.39 is 0 Å². The molecule has 3 heteroatoms. The predicted molar refractivity (Wildman–Crippen MR) is 82.7 cm³/mol. The first-order chi connectivity index (χ1) is 9.76. The zero-order valence-corrected chi connectivity index (χ0v) is 12.3. The summed E-state index contributed by atoms with van der Waals surface area (Å²) in [5, 5.41) is 3.39. The Morgan fingerprint density at radius 1 is 0.900 bits per heavy atom. The van der Waals surface area contributed by atoms with E-state index in [9.17, 15) is 0 Å². The van der Waals surface area contributed by atoms with E-state index in [2.05, 4.69) is 36.5 Å². The Balaban J connectivity index is 2.05. The van der Waals surface area contributed by atoms with Crippen molar-refractivity contribution in [3.05, 3.63) is 53.6 Å². The van der Waals surface area contributed by atoms with Crippen LogP contribution in [0.15, 0.2) is 42.5 Å². The molecule has 0 aliphatic carbocycles. The third-order valence-corrected chi connectivity index (χ3v) is 3.32. The average molecular weight is 271 g/mol. The van der Waals surface area contributed by atoms with Crippen molar-refractivity contribution in [2.45, 2.75) is 19.9 Å². The van der Waals surface area contributed by atoms with Gasteiger partial charge in [0.1, 0.15) is 11.5 Å². The van der Waals surface area contributed by atoms with E-state index >= 15 is 0 Å². The normalized spacial score (nSPS) is 10.2. The molecule has 20 heavy (non-hydrogen) atoms. The lowest BCUT2D eigenvalue weighted by atomic mass is 10.1. The lowest BCUT2D eigenvalue weighted by molar-refractivity contribution is 0.395. The highest BCUT2D eigenvalue weighted by atomic mass is 16.5. The summed E-state index contributed by atoms with van der Waals surface area (Å²) in [7, 11) is 3.31. The second-order valence-corrected chi connectivity index (χ2v) is 4.59. The third kappa shape index (κ3) is 3.44. The van der Waals surface area contributed by atoms with Gasteiger partial charge in [-0.2, -0.15) is 0 Å². The minimum Gasteiger partial charge on any atom is -0.497 e. The first-order valence-corrected chi connectivity index (χ1v) is 6.80. The zero-order valence-electron chi connectivity index (χ0n) is 12.3. The summed E-state index contributed by atoms with van der Waals surface area (Å²) in [6.45, 7) is 2.93. The molecule has 0 aliphatic rings. The Hall–Kier alpha value is -2.16. The van der Waals surface area contributed by atoms with Gasteiger partial charge in [-0.3, -0.25) is 0 Å². The summed E-state index contributed by atoms with van der Waals surface area (Å²) in [6, 6.07) is 14.4. The maximum absolute atomic E-state index is 5.37. The number of rotatable bonds is 6. The number of hydrogen-bond acceptors (Lipinski definition) is 3.